The first-order valence-corrected chi connectivity index (χ1v) is 14.4. The molecule has 1 amide bonds. The summed E-state index contributed by atoms with van der Waals surface area (Å²) in [5.74, 6) is 1.61. The molecule has 0 bridgehead atoms. The molecule has 0 fully saturated rings. The van der Waals surface area contributed by atoms with Crippen molar-refractivity contribution in [3.8, 4) is 11.5 Å². The number of rotatable bonds is 3. The molecule has 0 radical (unpaired) electrons. The maximum atomic E-state index is 11.8. The summed E-state index contributed by atoms with van der Waals surface area (Å²) in [5, 5.41) is 2.75. The highest BCUT2D eigenvalue weighted by atomic mass is 79.9. The van der Waals surface area contributed by atoms with Crippen molar-refractivity contribution in [3.05, 3.63) is 44.3 Å². The fraction of sp³-hybridized carbons (Fsp3) is 0.480. The maximum Gasteiger partial charge on any atom is 0.498 e. The van der Waals surface area contributed by atoms with E-state index in [2.05, 4.69) is 37.2 Å². The number of carbonyl (C=O) groups is 1. The van der Waals surface area contributed by atoms with Gasteiger partial charge in [0.15, 0.2) is 0 Å². The summed E-state index contributed by atoms with van der Waals surface area (Å²) in [6.07, 6.45) is -0.905. The molecule has 224 valence electrons. The van der Waals surface area contributed by atoms with E-state index < -0.39 is 18.8 Å². The monoisotopic (exact) mass is 738 g/mol. The molecule has 0 aliphatic carbocycles. The number of alkyl carbamates (subject to hydrolysis) is 1. The molecule has 41 heavy (non-hydrogen) atoms. The topological polar surface area (TPSA) is 120 Å². The summed E-state index contributed by atoms with van der Waals surface area (Å²) in [4.78, 5) is 11.8. The Morgan fingerprint density at radius 1 is 0.902 bits per heavy atom. The van der Waals surface area contributed by atoms with Crippen LogP contribution in [0.5, 0.6) is 11.5 Å². The fourth-order valence-corrected chi connectivity index (χ4v) is 6.02. The maximum absolute atomic E-state index is 11.8. The van der Waals surface area contributed by atoms with Gasteiger partial charge in [0.05, 0.1) is 25.4 Å². The van der Waals surface area contributed by atoms with E-state index in [0.29, 0.717) is 39.5 Å². The number of nitrogens with one attached hydrogen (secondary N) is 1. The molecule has 6 rings (SSSR count). The van der Waals surface area contributed by atoms with Gasteiger partial charge in [-0.05, 0) is 56.2 Å². The van der Waals surface area contributed by atoms with E-state index in [1.165, 1.54) is 0 Å². The van der Waals surface area contributed by atoms with Gasteiger partial charge in [-0.2, -0.15) is 0 Å². The second kappa shape index (κ2) is 14.5. The number of benzene rings is 2. The van der Waals surface area contributed by atoms with Crippen LogP contribution in [0.15, 0.2) is 33.2 Å². The van der Waals surface area contributed by atoms with Crippen molar-refractivity contribution in [1.29, 1.82) is 0 Å². The number of halogens is 4. The van der Waals surface area contributed by atoms with Crippen molar-refractivity contribution >= 4 is 87.9 Å². The van der Waals surface area contributed by atoms with Crippen LogP contribution in [-0.4, -0.2) is 65.4 Å². The van der Waals surface area contributed by atoms with Crippen LogP contribution in [0.3, 0.4) is 0 Å². The van der Waals surface area contributed by atoms with Gasteiger partial charge in [0, 0.05) is 33.0 Å². The molecule has 4 aliphatic heterocycles. The largest absolute Gasteiger partial charge is 0.498 e. The van der Waals surface area contributed by atoms with Crippen molar-refractivity contribution in [2.75, 3.05) is 39.5 Å². The lowest BCUT2D eigenvalue weighted by molar-refractivity contribution is 0.0494. The van der Waals surface area contributed by atoms with E-state index in [1.807, 2.05) is 45.0 Å². The molecule has 0 spiro atoms. The van der Waals surface area contributed by atoms with Gasteiger partial charge in [0.25, 0.3) is 0 Å². The molecule has 0 saturated carbocycles. The number of nitrogens with two attached hydrogens (primary N) is 1. The predicted molar refractivity (Wildman–Crippen MR) is 167 cm³/mol. The molecule has 0 unspecified atom stereocenters. The number of hydrogen-bond donors (Lipinski definition) is 2. The summed E-state index contributed by atoms with van der Waals surface area (Å²) in [6, 6.07) is 7.73. The smallest absolute Gasteiger partial charge is 0.492 e. The van der Waals surface area contributed by atoms with Crippen LogP contribution in [0.4, 0.5) is 4.79 Å². The lowest BCUT2D eigenvalue weighted by Crippen LogP contribution is -2.35. The normalized spacial score (nSPS) is 19.9. The third kappa shape index (κ3) is 7.66. The molecule has 10 nitrogen and oxygen atoms in total. The Morgan fingerprint density at radius 2 is 1.39 bits per heavy atom. The van der Waals surface area contributed by atoms with Gasteiger partial charge in [-0.15, -0.1) is 24.8 Å². The van der Waals surface area contributed by atoms with Crippen molar-refractivity contribution in [2.24, 2.45) is 5.73 Å². The zero-order valence-electron chi connectivity index (χ0n) is 22.8. The van der Waals surface area contributed by atoms with Crippen molar-refractivity contribution in [1.82, 2.24) is 5.32 Å². The van der Waals surface area contributed by atoms with E-state index in [0.717, 1.165) is 42.5 Å². The molecular weight excluding hydrogens is 709 g/mol. The van der Waals surface area contributed by atoms with E-state index in [-0.39, 0.29) is 44.1 Å². The molecule has 2 atom stereocenters. The summed E-state index contributed by atoms with van der Waals surface area (Å²) >= 11 is 7.07. The summed E-state index contributed by atoms with van der Waals surface area (Å²) in [7, 11) is -0.802. The number of amides is 1. The summed E-state index contributed by atoms with van der Waals surface area (Å²) < 4.78 is 41.5. The Kier molecular flexibility index (Phi) is 12.1. The predicted octanol–water partition coefficient (Wildman–Crippen LogP) is 3.58. The standard InChI is InChI=1S/C15H19BBrNO5.C10H11BBrNO3.2ClH/c1-15(2,3)22-14(19)18-8-11-12-9(17)4-5-10-13(12)16(23-11)21-7-6-20-10;12-6-1-2-7-10-9(6)8(5-13)16-11(10)15-4-3-14-7;;/h4-5,11H,6-8H2,1-3H3,(H,18,19);1-2,8H,3-5,13H2;2*1H/t11-;8-;;/m11../s1. The highest BCUT2D eigenvalue weighted by molar-refractivity contribution is 9.10. The average Bonchev–Trinajstić information content (AvgIpc) is 3.29. The highest BCUT2D eigenvalue weighted by Gasteiger charge is 2.43. The number of hydrogen-bond acceptors (Lipinski definition) is 9. The van der Waals surface area contributed by atoms with Gasteiger partial charge in [0.2, 0.25) is 0 Å². The van der Waals surface area contributed by atoms with E-state index in [1.54, 1.807) is 0 Å². The first kappa shape index (κ1) is 34.3. The highest BCUT2D eigenvalue weighted by Crippen LogP contribution is 2.36. The molecule has 0 saturated heterocycles. The molecule has 4 heterocycles. The molecular formula is C25H32B2Br2Cl2N2O8. The van der Waals surface area contributed by atoms with Gasteiger partial charge in [-0.25, -0.2) is 4.79 Å². The van der Waals surface area contributed by atoms with Crippen LogP contribution >= 0.6 is 56.7 Å². The lowest BCUT2D eigenvalue weighted by Gasteiger charge is -2.21. The lowest BCUT2D eigenvalue weighted by atomic mass is 9.78. The quantitative estimate of drug-likeness (QED) is 0.456. The van der Waals surface area contributed by atoms with E-state index in [4.69, 9.17) is 38.6 Å². The molecule has 2 aromatic rings. The average molecular weight is 741 g/mol. The van der Waals surface area contributed by atoms with Gasteiger partial charge >= 0.3 is 20.3 Å². The van der Waals surface area contributed by atoms with Gasteiger partial charge in [0.1, 0.15) is 30.3 Å². The minimum absolute atomic E-state index is 0. The van der Waals surface area contributed by atoms with Gasteiger partial charge < -0.3 is 43.9 Å². The zero-order valence-corrected chi connectivity index (χ0v) is 27.6. The number of carbonyl (C=O) groups excluding carboxylic acids is 1. The third-order valence-corrected chi connectivity index (χ3v) is 7.73. The third-order valence-electron chi connectivity index (χ3n) is 6.34. The minimum Gasteiger partial charge on any atom is -0.492 e. The SMILES string of the molecule is CC(C)(C)OC(=O)NC[C@H]1OB2OCCOc3ccc(Br)c1c32.Cl.Cl.NC[C@H]1OB2OCCOc3ccc(Br)c1c32. The molecule has 0 aromatic heterocycles. The minimum atomic E-state index is -0.535. The molecule has 16 heteroatoms. The summed E-state index contributed by atoms with van der Waals surface area (Å²) in [5.41, 5.74) is 9.06. The van der Waals surface area contributed by atoms with Crippen LogP contribution in [0.1, 0.15) is 44.1 Å². The van der Waals surface area contributed by atoms with Gasteiger partial charge in [-0.3, -0.25) is 0 Å². The van der Waals surface area contributed by atoms with Crippen LogP contribution in [0.2, 0.25) is 0 Å². The van der Waals surface area contributed by atoms with Crippen LogP contribution < -0.4 is 31.4 Å². The second-order valence-electron chi connectivity index (χ2n) is 10.2. The Labute approximate surface area is 269 Å². The van der Waals surface area contributed by atoms with E-state index >= 15 is 0 Å². The first-order chi connectivity index (χ1) is 18.7. The van der Waals surface area contributed by atoms with Crippen LogP contribution in [0.25, 0.3) is 0 Å². The zero-order chi connectivity index (χ0) is 27.7. The second-order valence-corrected chi connectivity index (χ2v) is 11.9. The van der Waals surface area contributed by atoms with Crippen molar-refractivity contribution in [3.63, 3.8) is 0 Å². The Morgan fingerprint density at radius 3 is 1.88 bits per heavy atom. The van der Waals surface area contributed by atoms with E-state index in [9.17, 15) is 4.79 Å². The van der Waals surface area contributed by atoms with Gasteiger partial charge in [-0.1, -0.05) is 31.9 Å². The number of ether oxygens (including phenoxy) is 3. The summed E-state index contributed by atoms with van der Waals surface area (Å²) in [6.45, 7) is 8.25. The molecule has 4 aliphatic rings. The Bertz CT molecular complexity index is 1240. The van der Waals surface area contributed by atoms with Crippen molar-refractivity contribution < 1.29 is 37.6 Å². The van der Waals surface area contributed by atoms with Crippen molar-refractivity contribution in [2.45, 2.75) is 38.6 Å². The molecule has 2 aromatic carbocycles. The Hall–Kier alpha value is -1.22. The Balaban J connectivity index is 0.000000227. The first-order valence-electron chi connectivity index (χ1n) is 12.8. The van der Waals surface area contributed by atoms with Crippen LogP contribution in [-0.2, 0) is 23.4 Å². The fourth-order valence-electron chi connectivity index (χ4n) is 4.82. The molecule has 3 N–H and O–H groups in total. The van der Waals surface area contributed by atoms with Crippen LogP contribution in [0, 0.1) is 0 Å².